The summed E-state index contributed by atoms with van der Waals surface area (Å²) in [5.41, 5.74) is 0.595. The molecule has 29 heavy (non-hydrogen) atoms. The molecule has 2 aromatic heterocycles. The molecule has 2 heterocycles. The fourth-order valence-corrected chi connectivity index (χ4v) is 2.26. The van der Waals surface area contributed by atoms with Gasteiger partial charge in [-0.15, -0.1) is 36.4 Å². The average Bonchev–Trinajstić information content (AvgIpc) is 3.29. The topological polar surface area (TPSA) is 9.86 Å². The van der Waals surface area contributed by atoms with E-state index in [-0.39, 0.29) is 36.6 Å². The molecular weight excluding hydrogens is 416 g/mol. The van der Waals surface area contributed by atoms with Gasteiger partial charge in [0.1, 0.15) is 0 Å². The predicted molar refractivity (Wildman–Crippen MR) is 102 cm³/mol. The summed E-state index contributed by atoms with van der Waals surface area (Å²) in [6.45, 7) is 0. The minimum Gasteiger partial charge on any atom is -0.375 e. The molecule has 0 atom stereocenters. The van der Waals surface area contributed by atoms with Crippen molar-refractivity contribution in [3.8, 4) is 11.4 Å². The van der Waals surface area contributed by atoms with E-state index in [0.29, 0.717) is 11.4 Å². The summed E-state index contributed by atoms with van der Waals surface area (Å²) in [6.07, 6.45) is 6.74. The van der Waals surface area contributed by atoms with Crippen molar-refractivity contribution in [2.45, 2.75) is 0 Å². The van der Waals surface area contributed by atoms with Gasteiger partial charge in [-0.3, -0.25) is 0 Å². The van der Waals surface area contributed by atoms with Crippen molar-refractivity contribution in [3.05, 3.63) is 124 Å². The van der Waals surface area contributed by atoms with Crippen molar-refractivity contribution in [1.82, 2.24) is 9.13 Å². The van der Waals surface area contributed by atoms with Crippen LogP contribution in [0.5, 0.6) is 0 Å². The maximum absolute atomic E-state index is 13.1. The Morgan fingerprint density at radius 1 is 0.552 bits per heavy atom. The Balaban J connectivity index is 0.000000490. The van der Waals surface area contributed by atoms with Crippen molar-refractivity contribution in [2.24, 2.45) is 0 Å². The second-order valence-electron chi connectivity index (χ2n) is 5.19. The summed E-state index contributed by atoms with van der Waals surface area (Å²) in [6, 6.07) is 16.1. The fraction of sp³-hybridized carbons (Fsp3) is 0. The summed E-state index contributed by atoms with van der Waals surface area (Å²) >= 11 is 0. The zero-order chi connectivity index (χ0) is 18.5. The summed E-state index contributed by atoms with van der Waals surface area (Å²) in [5.74, 6) is -2.74. The third-order valence-corrected chi connectivity index (χ3v) is 3.45. The number of halogens is 4. The maximum atomic E-state index is 13.1. The second kappa shape index (κ2) is 12.1. The molecule has 0 saturated heterocycles. The molecule has 0 amide bonds. The first kappa shape index (κ1) is 26.4. The van der Waals surface area contributed by atoms with Crippen LogP contribution in [-0.2, 0) is 21.7 Å². The summed E-state index contributed by atoms with van der Waals surface area (Å²) in [5, 5.41) is 0. The van der Waals surface area contributed by atoms with E-state index in [4.69, 9.17) is 0 Å². The zero-order valence-electron chi connectivity index (χ0n) is 15.8. The van der Waals surface area contributed by atoms with Crippen LogP contribution in [0.3, 0.4) is 0 Å². The Hall–Kier alpha value is -2.57. The first-order valence-corrected chi connectivity index (χ1v) is 7.56. The van der Waals surface area contributed by atoms with E-state index in [0.717, 1.165) is 0 Å². The minimum absolute atomic E-state index is 0. The van der Waals surface area contributed by atoms with Gasteiger partial charge in [0.05, 0.1) is 0 Å². The van der Waals surface area contributed by atoms with Crippen LogP contribution < -0.4 is 0 Å². The van der Waals surface area contributed by atoms with Crippen LogP contribution in [0.4, 0.5) is 17.6 Å². The summed E-state index contributed by atoms with van der Waals surface area (Å²) < 4.78 is 54.3. The van der Waals surface area contributed by atoms with E-state index < -0.39 is 23.3 Å². The number of nitrogens with zero attached hydrogens (tertiary/aromatic N) is 2. The first-order chi connectivity index (χ1) is 12.5. The monoisotopic (exact) mass is 434 g/mol. The summed E-state index contributed by atoms with van der Waals surface area (Å²) in [4.78, 5) is 0. The fourth-order valence-electron chi connectivity index (χ4n) is 2.26. The average molecular weight is 434 g/mol. The normalized spacial score (nSPS) is 9.24. The van der Waals surface area contributed by atoms with Gasteiger partial charge < -0.3 is 24.0 Å². The quantitative estimate of drug-likeness (QED) is 0.208. The largest absolute Gasteiger partial charge is 4.00 e. The van der Waals surface area contributed by atoms with Gasteiger partial charge in [0.15, 0.2) is 0 Å². The molecular formula is C22H18F4N2Ti. The van der Waals surface area contributed by atoms with Gasteiger partial charge >= 0.3 is 21.7 Å². The van der Waals surface area contributed by atoms with Gasteiger partial charge in [-0.2, -0.15) is 0 Å². The zero-order valence-corrected chi connectivity index (χ0v) is 17.4. The van der Waals surface area contributed by atoms with E-state index in [1.54, 1.807) is 58.2 Å². The molecule has 0 aliphatic rings. The molecule has 148 valence electrons. The Kier molecular flexibility index (Phi) is 11.0. The molecule has 0 unspecified atom stereocenters. The van der Waals surface area contributed by atoms with Gasteiger partial charge in [0.25, 0.3) is 0 Å². The summed E-state index contributed by atoms with van der Waals surface area (Å²) in [7, 11) is 0. The molecule has 0 fully saturated rings. The molecule has 0 aliphatic carbocycles. The molecule has 0 N–H and O–H groups in total. The van der Waals surface area contributed by atoms with Crippen molar-refractivity contribution < 1.29 is 39.3 Å². The van der Waals surface area contributed by atoms with Gasteiger partial charge in [0, 0.05) is 23.3 Å². The number of aromatic nitrogens is 2. The molecule has 4 rings (SSSR count). The van der Waals surface area contributed by atoms with Crippen LogP contribution in [0.15, 0.2) is 73.3 Å². The molecule has 0 spiro atoms. The van der Waals surface area contributed by atoms with Crippen LogP contribution >= 0.6 is 0 Å². The number of benzene rings is 2. The number of hydrogen-bond acceptors (Lipinski definition) is 0. The van der Waals surface area contributed by atoms with Gasteiger partial charge in [0.2, 0.25) is 0 Å². The van der Waals surface area contributed by atoms with Crippen molar-refractivity contribution in [3.63, 3.8) is 0 Å². The van der Waals surface area contributed by atoms with E-state index in [1.165, 1.54) is 24.3 Å². The minimum atomic E-state index is -0.687. The molecule has 0 radical (unpaired) electrons. The van der Waals surface area contributed by atoms with Gasteiger partial charge in [-0.05, 0) is 60.4 Å². The Morgan fingerprint density at radius 2 is 0.862 bits per heavy atom. The molecule has 7 heteroatoms. The number of rotatable bonds is 2. The number of hydrogen-bond donors (Lipinski definition) is 0. The second-order valence-corrected chi connectivity index (χ2v) is 5.19. The van der Waals surface area contributed by atoms with Crippen molar-refractivity contribution in [1.29, 1.82) is 0 Å². The molecule has 4 aromatic rings. The standard InChI is InChI=1S/2C10H6F2N.2CH3.Ti/c2*11-8-3-4-10(9(12)7-8)13-5-1-2-6-13;;;/h2*1-6H;2*1H3;/q4*-1;+4. The van der Waals surface area contributed by atoms with Gasteiger partial charge in [-0.25, -0.2) is 17.6 Å². The van der Waals surface area contributed by atoms with Crippen LogP contribution in [0.25, 0.3) is 11.4 Å². The van der Waals surface area contributed by atoms with Crippen LogP contribution in [0.1, 0.15) is 0 Å². The third kappa shape index (κ3) is 6.77. The van der Waals surface area contributed by atoms with Crippen molar-refractivity contribution in [2.75, 3.05) is 0 Å². The third-order valence-electron chi connectivity index (χ3n) is 3.45. The molecule has 2 nitrogen and oxygen atoms in total. The SMILES string of the molecule is Fc1[c-]c(F)c(-n2cccc2)cc1.Fc1[c-]c(F)c(-n2cccc2)cc1.[CH3-].[CH3-].[Ti+4]. The van der Waals surface area contributed by atoms with Gasteiger partial charge in [-0.1, -0.05) is 0 Å². The van der Waals surface area contributed by atoms with E-state index in [9.17, 15) is 17.6 Å². The smallest absolute Gasteiger partial charge is 0.375 e. The molecule has 0 aliphatic heterocycles. The Bertz CT molecular complexity index is 902. The van der Waals surface area contributed by atoms with Crippen molar-refractivity contribution >= 4 is 0 Å². The first-order valence-electron chi connectivity index (χ1n) is 7.56. The van der Waals surface area contributed by atoms with Crippen LogP contribution in [0, 0.1) is 50.3 Å². The van der Waals surface area contributed by atoms with E-state index in [2.05, 4.69) is 0 Å². The van der Waals surface area contributed by atoms with Crippen LogP contribution in [-0.4, -0.2) is 9.13 Å². The van der Waals surface area contributed by atoms with E-state index in [1.807, 2.05) is 12.1 Å². The molecule has 0 saturated carbocycles. The maximum Gasteiger partial charge on any atom is 4.00 e. The Morgan fingerprint density at radius 3 is 1.14 bits per heavy atom. The van der Waals surface area contributed by atoms with E-state index >= 15 is 0 Å². The van der Waals surface area contributed by atoms with Crippen LogP contribution in [0.2, 0.25) is 0 Å². The molecule has 2 aromatic carbocycles. The predicted octanol–water partition coefficient (Wildman–Crippen LogP) is 6.01. The molecule has 0 bridgehead atoms. The Labute approximate surface area is 183 Å².